The number of fused-ring (bicyclic) bond motifs is 7. The summed E-state index contributed by atoms with van der Waals surface area (Å²) in [7, 11) is 1.49. The van der Waals surface area contributed by atoms with Crippen molar-refractivity contribution in [1.82, 2.24) is 0 Å². The Balaban J connectivity index is 0.972. The minimum Gasteiger partial charge on any atom is -0.497 e. The van der Waals surface area contributed by atoms with Crippen LogP contribution in [0.1, 0.15) is 89.9 Å². The van der Waals surface area contributed by atoms with Crippen LogP contribution in [-0.4, -0.2) is 142 Å². The largest absolute Gasteiger partial charge is 0.497 e. The molecule has 0 spiro atoms. The number of carbonyl (C=O) groups excluding carboxylic acids is 1. The molecule has 62 heavy (non-hydrogen) atoms. The molecule has 346 valence electrons. The third kappa shape index (κ3) is 7.99. The number of aliphatic hydroxyl groups excluding tert-OH is 7. The second kappa shape index (κ2) is 18.0. The van der Waals surface area contributed by atoms with Crippen LogP contribution < -0.4 is 4.74 Å². The van der Waals surface area contributed by atoms with E-state index in [0.29, 0.717) is 30.4 Å². The van der Waals surface area contributed by atoms with Gasteiger partial charge in [-0.05, 0) is 125 Å². The summed E-state index contributed by atoms with van der Waals surface area (Å²) in [6, 6.07) is 6.14. The van der Waals surface area contributed by atoms with Gasteiger partial charge >= 0.3 is 5.97 Å². The van der Waals surface area contributed by atoms with E-state index in [0.717, 1.165) is 37.7 Å². The maximum atomic E-state index is 13.1. The summed E-state index contributed by atoms with van der Waals surface area (Å²) < 4.78 is 41.9. The van der Waals surface area contributed by atoms with E-state index < -0.39 is 80.3 Å². The Kier molecular flexibility index (Phi) is 13.4. The topological polar surface area (TPSA) is 223 Å². The molecule has 15 nitrogen and oxygen atoms in total. The summed E-state index contributed by atoms with van der Waals surface area (Å²) in [5.74, 6) is 0.912. The molecule has 1 aromatic carbocycles. The first-order chi connectivity index (χ1) is 29.5. The van der Waals surface area contributed by atoms with Crippen LogP contribution in [0.5, 0.6) is 5.75 Å². The molecule has 0 radical (unpaired) electrons. The molecule has 3 saturated heterocycles. The van der Waals surface area contributed by atoms with E-state index in [1.165, 1.54) is 31.7 Å². The molecule has 0 unspecified atom stereocenters. The van der Waals surface area contributed by atoms with Gasteiger partial charge in [0, 0.05) is 17.9 Å². The molecular weight excluding hydrogens is 805 g/mol. The zero-order valence-electron chi connectivity index (χ0n) is 36.7. The molecule has 7 aliphatic rings. The number of methoxy groups -OCH3 is 1. The molecule has 0 aromatic heterocycles. The second-order valence-corrected chi connectivity index (χ2v) is 19.8. The summed E-state index contributed by atoms with van der Waals surface area (Å²) in [6.07, 6.45) is -5.52. The fourth-order valence-corrected chi connectivity index (χ4v) is 13.1. The van der Waals surface area contributed by atoms with Crippen LogP contribution >= 0.6 is 0 Å². The fraction of sp³-hybridized carbons (Fsp3) is 0.766. The predicted molar refractivity (Wildman–Crippen MR) is 221 cm³/mol. The van der Waals surface area contributed by atoms with Crippen molar-refractivity contribution in [2.45, 2.75) is 159 Å². The SMILES string of the molecule is COc1ccc(C(=O)O[C@H]2[C@H](O)[C@@H](O[C@@H]3[C@@H](O[C@@H]4CC[C@@]5(C)C(=CC[C@@H]6[C@H]7C[C@@H]8O[C@H](O)[C@@H](C=C(C)C)[C@H](C)[C@H]8[C@]7(CO)CC[C@@H]65)C4)O[C@@H](CO)[C@H](O)[C@H]3O)O[C@@H](C)[C@@H]2O)cc1. The van der Waals surface area contributed by atoms with Crippen molar-refractivity contribution in [2.24, 2.45) is 46.3 Å². The van der Waals surface area contributed by atoms with Crippen LogP contribution in [0, 0.1) is 46.3 Å². The highest BCUT2D eigenvalue weighted by molar-refractivity contribution is 5.89. The summed E-state index contributed by atoms with van der Waals surface area (Å²) in [5.41, 5.74) is 2.20. The third-order valence-electron chi connectivity index (χ3n) is 16.3. The maximum absolute atomic E-state index is 13.1. The molecule has 3 heterocycles. The number of esters is 1. The van der Waals surface area contributed by atoms with Crippen LogP contribution in [0.25, 0.3) is 0 Å². The van der Waals surface area contributed by atoms with Crippen molar-refractivity contribution < 1.29 is 73.7 Å². The predicted octanol–water partition coefficient (Wildman–Crippen LogP) is 2.99. The van der Waals surface area contributed by atoms with Crippen molar-refractivity contribution in [3.05, 3.63) is 53.1 Å². The quantitative estimate of drug-likeness (QED) is 0.133. The van der Waals surface area contributed by atoms with Gasteiger partial charge in [0.2, 0.25) is 0 Å². The molecule has 15 heteroatoms. The van der Waals surface area contributed by atoms with E-state index in [1.54, 1.807) is 12.1 Å². The highest BCUT2D eigenvalue weighted by Crippen LogP contribution is 2.69. The zero-order valence-corrected chi connectivity index (χ0v) is 36.7. The van der Waals surface area contributed by atoms with Gasteiger partial charge in [-0.25, -0.2) is 4.79 Å². The number of rotatable bonds is 10. The van der Waals surface area contributed by atoms with Gasteiger partial charge in [-0.2, -0.15) is 0 Å². The first-order valence-corrected chi connectivity index (χ1v) is 22.6. The molecular formula is C47H68O15. The van der Waals surface area contributed by atoms with Crippen molar-refractivity contribution in [3.8, 4) is 5.75 Å². The lowest BCUT2D eigenvalue weighted by Gasteiger charge is -2.59. The van der Waals surface area contributed by atoms with Gasteiger partial charge in [-0.1, -0.05) is 37.1 Å². The lowest BCUT2D eigenvalue weighted by molar-refractivity contribution is -0.369. The highest BCUT2D eigenvalue weighted by atomic mass is 16.8. The van der Waals surface area contributed by atoms with Crippen molar-refractivity contribution in [1.29, 1.82) is 0 Å². The average Bonchev–Trinajstić information content (AvgIpc) is 3.60. The van der Waals surface area contributed by atoms with Crippen LogP contribution in [0.3, 0.4) is 0 Å². The van der Waals surface area contributed by atoms with E-state index in [9.17, 15) is 40.5 Å². The van der Waals surface area contributed by atoms with Gasteiger partial charge in [-0.15, -0.1) is 0 Å². The molecule has 6 fully saturated rings. The zero-order chi connectivity index (χ0) is 44.4. The minimum absolute atomic E-state index is 0.101. The number of hydrogen-bond acceptors (Lipinski definition) is 15. The van der Waals surface area contributed by atoms with Gasteiger partial charge in [-0.3, -0.25) is 0 Å². The summed E-state index contributed by atoms with van der Waals surface area (Å²) >= 11 is 0. The number of allylic oxidation sites excluding steroid dienone is 2. The van der Waals surface area contributed by atoms with Gasteiger partial charge in [0.25, 0.3) is 0 Å². The molecule has 21 atom stereocenters. The Labute approximate surface area is 363 Å². The first kappa shape index (κ1) is 46.0. The summed E-state index contributed by atoms with van der Waals surface area (Å²) in [5, 5.41) is 77.3. The summed E-state index contributed by atoms with van der Waals surface area (Å²) in [6.45, 7) is 9.70. The van der Waals surface area contributed by atoms with Gasteiger partial charge in [0.15, 0.2) is 25.0 Å². The molecule has 3 saturated carbocycles. The fourth-order valence-electron chi connectivity index (χ4n) is 13.1. The average molecular weight is 873 g/mol. The number of ether oxygens (including phenoxy) is 7. The van der Waals surface area contributed by atoms with E-state index in [2.05, 4.69) is 26.0 Å². The number of carbonyl (C=O) groups is 1. The van der Waals surface area contributed by atoms with Crippen molar-refractivity contribution in [3.63, 3.8) is 0 Å². The van der Waals surface area contributed by atoms with E-state index in [1.807, 2.05) is 13.8 Å². The molecule has 0 amide bonds. The highest BCUT2D eigenvalue weighted by Gasteiger charge is 2.66. The van der Waals surface area contributed by atoms with Crippen LogP contribution in [0.4, 0.5) is 0 Å². The lowest BCUT2D eigenvalue weighted by Crippen LogP contribution is -2.65. The monoisotopic (exact) mass is 872 g/mol. The molecule has 1 aromatic rings. The maximum Gasteiger partial charge on any atom is 0.338 e. The Bertz CT molecular complexity index is 1800. The van der Waals surface area contributed by atoms with E-state index >= 15 is 0 Å². The Morgan fingerprint density at radius 3 is 2.29 bits per heavy atom. The van der Waals surface area contributed by atoms with Crippen LogP contribution in [0.15, 0.2) is 47.6 Å². The van der Waals surface area contributed by atoms with Crippen molar-refractivity contribution in [2.75, 3.05) is 20.3 Å². The lowest BCUT2D eigenvalue weighted by atomic mass is 9.46. The number of benzene rings is 1. The Morgan fingerprint density at radius 1 is 0.871 bits per heavy atom. The standard InChI is InChI=1S/C47H68O15/c1-22(2)17-30-23(3)35-33(59-43(30)55)19-32-29-12-9-26-18-28(13-15-46(26,5)31(29)14-16-47(32,35)21-49)58-45-41(38(52)37(51)34(20-48)60-45)62-44-39(53)40(36(50)24(4)57-44)61-42(54)25-7-10-27(56-6)11-8-25/h7-11,17,23-24,28-41,43-45,48-53,55H,12-16,18-21H2,1-6H3/t23-,24-,28+,29-,30-,31-,32+,33-,34-,35+,36-,37-,38+,39-,40+,41-,43-,44+,45-,46-,47-/m0/s1. The molecule has 4 aliphatic carbocycles. The Morgan fingerprint density at radius 2 is 1.61 bits per heavy atom. The molecule has 8 rings (SSSR count). The normalized spacial score (nSPS) is 47.5. The molecule has 3 aliphatic heterocycles. The van der Waals surface area contributed by atoms with Gasteiger partial charge in [0.1, 0.15) is 42.4 Å². The first-order valence-electron chi connectivity index (χ1n) is 22.6. The number of aliphatic hydroxyl groups is 7. The number of hydrogen-bond donors (Lipinski definition) is 7. The van der Waals surface area contributed by atoms with E-state index in [-0.39, 0.29) is 58.9 Å². The van der Waals surface area contributed by atoms with Gasteiger partial charge in [0.05, 0.1) is 37.6 Å². The summed E-state index contributed by atoms with van der Waals surface area (Å²) in [4.78, 5) is 13.1. The minimum atomic E-state index is -1.72. The molecule has 0 bridgehead atoms. The second-order valence-electron chi connectivity index (χ2n) is 19.8. The smallest absolute Gasteiger partial charge is 0.338 e. The van der Waals surface area contributed by atoms with E-state index in [4.69, 9.17) is 33.2 Å². The van der Waals surface area contributed by atoms with Crippen molar-refractivity contribution >= 4 is 5.97 Å². The van der Waals surface area contributed by atoms with Crippen LogP contribution in [-0.2, 0) is 28.4 Å². The van der Waals surface area contributed by atoms with Crippen LogP contribution in [0.2, 0.25) is 0 Å². The van der Waals surface area contributed by atoms with Gasteiger partial charge < -0.3 is 68.9 Å². The third-order valence-corrected chi connectivity index (χ3v) is 16.3. The molecule has 7 N–H and O–H groups in total. The Hall–Kier alpha value is -2.51.